The zero-order valence-electron chi connectivity index (χ0n) is 10.3. The van der Waals surface area contributed by atoms with Crippen LogP contribution in [0.15, 0.2) is 33.2 Å². The van der Waals surface area contributed by atoms with Crippen molar-refractivity contribution in [1.82, 2.24) is 10.2 Å². The number of aromatic nitrogens is 2. The molecule has 96 valence electrons. The first-order valence-corrected chi connectivity index (χ1v) is 6.40. The van der Waals surface area contributed by atoms with Gasteiger partial charge in [-0.1, -0.05) is 33.2 Å². The van der Waals surface area contributed by atoms with E-state index in [2.05, 4.69) is 26.1 Å². The smallest absolute Gasteiger partial charge is 0.318 e. The molecule has 0 amide bonds. The Morgan fingerprint density at radius 2 is 2.00 bits per heavy atom. The lowest BCUT2D eigenvalue weighted by Crippen LogP contribution is -2.16. The van der Waals surface area contributed by atoms with Gasteiger partial charge in [-0.05, 0) is 24.6 Å². The van der Waals surface area contributed by atoms with E-state index in [0.717, 1.165) is 4.47 Å². The number of rotatable bonds is 4. The Hall–Kier alpha value is -1.40. The Morgan fingerprint density at radius 1 is 1.33 bits per heavy atom. The van der Waals surface area contributed by atoms with Crippen LogP contribution in [0, 0.1) is 0 Å². The fraction of sp³-hybridized carbons (Fsp3) is 0.333. The van der Waals surface area contributed by atoms with Crippen molar-refractivity contribution in [2.75, 3.05) is 11.9 Å². The van der Waals surface area contributed by atoms with Crippen LogP contribution in [-0.4, -0.2) is 17.2 Å². The maximum absolute atomic E-state index is 5.68. The Morgan fingerprint density at radius 3 is 2.56 bits per heavy atom. The topological polar surface area (TPSA) is 68.2 Å². The predicted molar refractivity (Wildman–Crippen MR) is 73.1 cm³/mol. The van der Waals surface area contributed by atoms with E-state index in [1.807, 2.05) is 43.1 Å². The van der Waals surface area contributed by atoms with Gasteiger partial charge < -0.3 is 15.1 Å². The molecule has 2 N–H and O–H groups in total. The molecule has 0 saturated heterocycles. The average Bonchev–Trinajstić information content (AvgIpc) is 2.81. The van der Waals surface area contributed by atoms with Crippen molar-refractivity contribution >= 4 is 21.9 Å². The normalized spacial score (nSPS) is 12.4. The van der Waals surface area contributed by atoms with Gasteiger partial charge >= 0.3 is 6.01 Å². The largest absolute Gasteiger partial charge is 0.406 e. The molecule has 2 aromatic rings. The molecular weight excluding hydrogens is 296 g/mol. The number of nitrogens with zero attached hydrogens (tertiary/aromatic N) is 3. The molecule has 1 unspecified atom stereocenters. The van der Waals surface area contributed by atoms with Crippen molar-refractivity contribution in [2.45, 2.75) is 19.5 Å². The third-order valence-electron chi connectivity index (χ3n) is 2.48. The maximum Gasteiger partial charge on any atom is 0.318 e. The lowest BCUT2D eigenvalue weighted by Gasteiger charge is -2.13. The predicted octanol–water partition coefficient (Wildman–Crippen LogP) is 2.49. The minimum absolute atomic E-state index is 0.243. The molecular formula is C12H15BrN4O. The fourth-order valence-corrected chi connectivity index (χ4v) is 1.76. The summed E-state index contributed by atoms with van der Waals surface area (Å²) in [6.45, 7) is 2.51. The van der Waals surface area contributed by atoms with Gasteiger partial charge in [-0.3, -0.25) is 0 Å². The molecule has 0 fully saturated rings. The number of hydrogen-bond donors (Lipinski definition) is 1. The summed E-state index contributed by atoms with van der Waals surface area (Å²) in [6.07, 6.45) is 0. The van der Waals surface area contributed by atoms with Crippen molar-refractivity contribution in [3.05, 3.63) is 40.2 Å². The molecule has 0 aliphatic carbocycles. The van der Waals surface area contributed by atoms with Gasteiger partial charge in [-0.15, -0.1) is 5.10 Å². The molecule has 0 aliphatic heterocycles. The second kappa shape index (κ2) is 5.49. The van der Waals surface area contributed by atoms with Crippen molar-refractivity contribution in [1.29, 1.82) is 0 Å². The van der Waals surface area contributed by atoms with Crippen molar-refractivity contribution in [3.63, 3.8) is 0 Å². The Balaban J connectivity index is 2.06. The van der Waals surface area contributed by atoms with Gasteiger partial charge in [-0.25, -0.2) is 0 Å². The molecule has 0 bridgehead atoms. The minimum Gasteiger partial charge on any atom is -0.406 e. The lowest BCUT2D eigenvalue weighted by atomic mass is 10.2. The van der Waals surface area contributed by atoms with Crippen LogP contribution in [0.5, 0.6) is 0 Å². The van der Waals surface area contributed by atoms with E-state index >= 15 is 0 Å². The van der Waals surface area contributed by atoms with Crippen LogP contribution in [0.4, 0.5) is 6.01 Å². The molecule has 0 saturated carbocycles. The summed E-state index contributed by atoms with van der Waals surface area (Å²) in [7, 11) is 1.90. The molecule has 5 nitrogen and oxygen atoms in total. The SMILES string of the molecule is CC(N)c1nnc(N(C)Cc2ccc(Br)cc2)o1. The minimum atomic E-state index is -0.243. The number of anilines is 1. The van der Waals surface area contributed by atoms with Gasteiger partial charge in [0.05, 0.1) is 6.04 Å². The molecule has 0 spiro atoms. The zero-order chi connectivity index (χ0) is 13.1. The summed E-state index contributed by atoms with van der Waals surface area (Å²) in [5.41, 5.74) is 6.84. The average molecular weight is 311 g/mol. The quantitative estimate of drug-likeness (QED) is 0.939. The highest BCUT2D eigenvalue weighted by Gasteiger charge is 2.13. The second-order valence-electron chi connectivity index (χ2n) is 4.19. The van der Waals surface area contributed by atoms with Gasteiger partial charge in [0, 0.05) is 18.1 Å². The first kappa shape index (κ1) is 13.0. The summed E-state index contributed by atoms with van der Waals surface area (Å²) >= 11 is 3.41. The molecule has 1 aromatic carbocycles. The van der Waals surface area contributed by atoms with Gasteiger partial charge in [-0.2, -0.15) is 0 Å². The van der Waals surface area contributed by atoms with E-state index in [0.29, 0.717) is 18.5 Å². The molecule has 6 heteroatoms. The highest BCUT2D eigenvalue weighted by molar-refractivity contribution is 9.10. The molecule has 2 rings (SSSR count). The maximum atomic E-state index is 5.68. The molecule has 18 heavy (non-hydrogen) atoms. The molecule has 0 radical (unpaired) electrons. The second-order valence-corrected chi connectivity index (χ2v) is 5.11. The molecule has 1 heterocycles. The summed E-state index contributed by atoms with van der Waals surface area (Å²) in [5.74, 6) is 0.452. The molecule has 1 atom stereocenters. The first-order chi connectivity index (χ1) is 8.56. The van der Waals surface area contributed by atoms with Gasteiger partial charge in [0.25, 0.3) is 0 Å². The molecule has 0 aliphatic rings. The van der Waals surface area contributed by atoms with Crippen molar-refractivity contribution in [3.8, 4) is 0 Å². The van der Waals surface area contributed by atoms with E-state index in [9.17, 15) is 0 Å². The van der Waals surface area contributed by atoms with Crippen LogP contribution in [-0.2, 0) is 6.54 Å². The number of nitrogens with two attached hydrogens (primary N) is 1. The number of benzene rings is 1. The first-order valence-electron chi connectivity index (χ1n) is 5.61. The summed E-state index contributed by atoms with van der Waals surface area (Å²) in [4.78, 5) is 1.89. The Kier molecular flexibility index (Phi) is 3.98. The van der Waals surface area contributed by atoms with Crippen molar-refractivity contribution in [2.24, 2.45) is 5.73 Å². The monoisotopic (exact) mass is 310 g/mol. The fourth-order valence-electron chi connectivity index (χ4n) is 1.50. The van der Waals surface area contributed by atoms with Gasteiger partial charge in [0.1, 0.15) is 0 Å². The number of halogens is 1. The highest BCUT2D eigenvalue weighted by atomic mass is 79.9. The summed E-state index contributed by atoms with van der Waals surface area (Å²) < 4.78 is 6.53. The zero-order valence-corrected chi connectivity index (χ0v) is 11.9. The van der Waals surface area contributed by atoms with Crippen LogP contribution >= 0.6 is 15.9 Å². The van der Waals surface area contributed by atoms with Gasteiger partial charge in [0.2, 0.25) is 5.89 Å². The van der Waals surface area contributed by atoms with Crippen molar-refractivity contribution < 1.29 is 4.42 Å². The lowest BCUT2D eigenvalue weighted by molar-refractivity contribution is 0.460. The third-order valence-corrected chi connectivity index (χ3v) is 3.01. The van der Waals surface area contributed by atoms with Crippen LogP contribution in [0.25, 0.3) is 0 Å². The van der Waals surface area contributed by atoms with E-state index < -0.39 is 0 Å². The summed E-state index contributed by atoms with van der Waals surface area (Å²) in [5, 5.41) is 7.87. The third kappa shape index (κ3) is 3.08. The van der Waals surface area contributed by atoms with Crippen LogP contribution in [0.3, 0.4) is 0 Å². The Bertz CT molecular complexity index is 509. The van der Waals surface area contributed by atoms with Gasteiger partial charge in [0.15, 0.2) is 0 Å². The number of hydrogen-bond acceptors (Lipinski definition) is 5. The standard InChI is InChI=1S/C12H15BrN4O/c1-8(14)11-15-16-12(18-11)17(2)7-9-3-5-10(13)6-4-9/h3-6,8H,7,14H2,1-2H3. The Labute approximate surface area is 114 Å². The van der Waals surface area contributed by atoms with E-state index in [1.54, 1.807) is 0 Å². The van der Waals surface area contributed by atoms with E-state index in [4.69, 9.17) is 10.2 Å². The summed E-state index contributed by atoms with van der Waals surface area (Å²) in [6, 6.07) is 8.33. The van der Waals surface area contributed by atoms with E-state index in [1.165, 1.54) is 5.56 Å². The van der Waals surface area contributed by atoms with Crippen LogP contribution in [0.1, 0.15) is 24.4 Å². The van der Waals surface area contributed by atoms with Crippen LogP contribution < -0.4 is 10.6 Å². The van der Waals surface area contributed by atoms with E-state index in [-0.39, 0.29) is 6.04 Å². The highest BCUT2D eigenvalue weighted by Crippen LogP contribution is 2.17. The van der Waals surface area contributed by atoms with Crippen LogP contribution in [0.2, 0.25) is 0 Å². The molecule has 1 aromatic heterocycles.